The molecular formula is C28H32N2O. The van der Waals surface area contributed by atoms with Crippen molar-refractivity contribution in [1.29, 1.82) is 0 Å². The van der Waals surface area contributed by atoms with Gasteiger partial charge in [-0.1, -0.05) is 55.8 Å². The third-order valence-electron chi connectivity index (χ3n) is 6.32. The van der Waals surface area contributed by atoms with Gasteiger partial charge in [0.05, 0.1) is 5.69 Å². The van der Waals surface area contributed by atoms with Crippen molar-refractivity contribution in [3.8, 4) is 5.75 Å². The molecule has 4 rings (SSSR count). The van der Waals surface area contributed by atoms with Crippen LogP contribution in [-0.4, -0.2) is 28.1 Å². The number of aryl methyl sites for hydroxylation is 2. The van der Waals surface area contributed by atoms with Gasteiger partial charge in [-0.15, -0.1) is 0 Å². The average Bonchev–Trinajstić information content (AvgIpc) is 2.81. The minimum atomic E-state index is 0.323. The van der Waals surface area contributed by atoms with E-state index >= 15 is 0 Å². The highest BCUT2D eigenvalue weighted by Crippen LogP contribution is 2.35. The molecular weight excluding hydrogens is 380 g/mol. The van der Waals surface area contributed by atoms with Crippen LogP contribution in [0.15, 0.2) is 72.4 Å². The van der Waals surface area contributed by atoms with Gasteiger partial charge in [0.15, 0.2) is 0 Å². The smallest absolute Gasteiger partial charge is 0.116 e. The first-order valence-electron chi connectivity index (χ1n) is 11.4. The zero-order chi connectivity index (χ0) is 21.6. The SMILES string of the molecule is CCc1ccc(C(=C2CCN(Cc3ccccn3)CC2)c2cccc(O)c2)cc1CC. The third-order valence-corrected chi connectivity index (χ3v) is 6.32. The molecule has 0 bridgehead atoms. The van der Waals surface area contributed by atoms with Gasteiger partial charge < -0.3 is 5.11 Å². The molecule has 0 saturated carbocycles. The summed E-state index contributed by atoms with van der Waals surface area (Å²) < 4.78 is 0. The van der Waals surface area contributed by atoms with Crippen LogP contribution < -0.4 is 0 Å². The molecule has 2 aromatic carbocycles. The average molecular weight is 413 g/mol. The fourth-order valence-corrected chi connectivity index (χ4v) is 4.64. The van der Waals surface area contributed by atoms with E-state index in [9.17, 15) is 5.11 Å². The Balaban J connectivity index is 1.66. The zero-order valence-corrected chi connectivity index (χ0v) is 18.6. The summed E-state index contributed by atoms with van der Waals surface area (Å²) in [5.41, 5.74) is 9.14. The Morgan fingerprint density at radius 3 is 2.32 bits per heavy atom. The molecule has 2 heterocycles. The zero-order valence-electron chi connectivity index (χ0n) is 18.6. The van der Waals surface area contributed by atoms with Crippen LogP contribution in [0, 0.1) is 0 Å². The van der Waals surface area contributed by atoms with E-state index in [1.165, 1.54) is 27.8 Å². The maximum atomic E-state index is 10.2. The molecule has 3 nitrogen and oxygen atoms in total. The first-order valence-corrected chi connectivity index (χ1v) is 11.4. The number of phenolic OH excluding ortho intramolecular Hbond substituents is 1. The molecule has 0 aliphatic carbocycles. The lowest BCUT2D eigenvalue weighted by atomic mass is 9.86. The molecule has 0 radical (unpaired) electrons. The van der Waals surface area contributed by atoms with E-state index in [0.717, 1.165) is 56.6 Å². The van der Waals surface area contributed by atoms with Crippen molar-refractivity contribution >= 4 is 5.57 Å². The Bertz CT molecular complexity index is 1050. The van der Waals surface area contributed by atoms with Crippen molar-refractivity contribution in [2.24, 2.45) is 0 Å². The van der Waals surface area contributed by atoms with Crippen LogP contribution in [0.4, 0.5) is 0 Å². The molecule has 3 heteroatoms. The first-order chi connectivity index (χ1) is 15.2. The molecule has 31 heavy (non-hydrogen) atoms. The minimum absolute atomic E-state index is 0.323. The summed E-state index contributed by atoms with van der Waals surface area (Å²) in [7, 11) is 0. The molecule has 0 atom stereocenters. The number of likely N-dealkylation sites (tertiary alicyclic amines) is 1. The van der Waals surface area contributed by atoms with E-state index < -0.39 is 0 Å². The Kier molecular flexibility index (Phi) is 6.83. The maximum absolute atomic E-state index is 10.2. The summed E-state index contributed by atoms with van der Waals surface area (Å²) in [4.78, 5) is 6.98. The van der Waals surface area contributed by atoms with Gasteiger partial charge in [0.25, 0.3) is 0 Å². The van der Waals surface area contributed by atoms with Gasteiger partial charge in [-0.2, -0.15) is 0 Å². The summed E-state index contributed by atoms with van der Waals surface area (Å²) in [6.07, 6.45) is 6.04. The van der Waals surface area contributed by atoms with Crippen LogP contribution in [0.25, 0.3) is 5.57 Å². The maximum Gasteiger partial charge on any atom is 0.116 e. The van der Waals surface area contributed by atoms with Gasteiger partial charge >= 0.3 is 0 Å². The third kappa shape index (κ3) is 5.05. The highest BCUT2D eigenvalue weighted by atomic mass is 16.3. The summed E-state index contributed by atoms with van der Waals surface area (Å²) in [5, 5.41) is 10.2. The Morgan fingerprint density at radius 1 is 0.871 bits per heavy atom. The summed E-state index contributed by atoms with van der Waals surface area (Å²) in [5.74, 6) is 0.323. The van der Waals surface area contributed by atoms with Crippen molar-refractivity contribution < 1.29 is 5.11 Å². The summed E-state index contributed by atoms with van der Waals surface area (Å²) in [6.45, 7) is 7.42. The van der Waals surface area contributed by atoms with Gasteiger partial charge in [0.2, 0.25) is 0 Å². The molecule has 1 fully saturated rings. The highest BCUT2D eigenvalue weighted by Gasteiger charge is 2.20. The van der Waals surface area contributed by atoms with Crippen LogP contribution >= 0.6 is 0 Å². The lowest BCUT2D eigenvalue weighted by molar-refractivity contribution is 0.246. The normalized spacial score (nSPS) is 14.6. The number of aromatic hydroxyl groups is 1. The number of phenols is 1. The molecule has 1 saturated heterocycles. The number of piperidine rings is 1. The molecule has 1 aromatic heterocycles. The number of pyridine rings is 1. The number of aromatic nitrogens is 1. The molecule has 1 N–H and O–H groups in total. The molecule has 1 aliphatic rings. The van der Waals surface area contributed by atoms with E-state index in [2.05, 4.69) is 60.1 Å². The molecule has 3 aromatic rings. The van der Waals surface area contributed by atoms with Crippen LogP contribution in [0.3, 0.4) is 0 Å². The minimum Gasteiger partial charge on any atom is -0.508 e. The Morgan fingerprint density at radius 2 is 1.65 bits per heavy atom. The van der Waals surface area contributed by atoms with Crippen molar-refractivity contribution in [1.82, 2.24) is 9.88 Å². The largest absolute Gasteiger partial charge is 0.508 e. The van der Waals surface area contributed by atoms with E-state index in [1.807, 2.05) is 24.4 Å². The molecule has 0 spiro atoms. The summed E-state index contributed by atoms with van der Waals surface area (Å²) >= 11 is 0. The van der Waals surface area contributed by atoms with Gasteiger partial charge in [0, 0.05) is 25.8 Å². The van der Waals surface area contributed by atoms with Gasteiger partial charge in [-0.3, -0.25) is 9.88 Å². The second-order valence-electron chi connectivity index (χ2n) is 8.32. The first kappa shape index (κ1) is 21.3. The number of rotatable bonds is 6. The van der Waals surface area contributed by atoms with Crippen molar-refractivity contribution in [3.63, 3.8) is 0 Å². The van der Waals surface area contributed by atoms with E-state index in [-0.39, 0.29) is 0 Å². The molecule has 160 valence electrons. The number of hydrogen-bond acceptors (Lipinski definition) is 3. The molecule has 1 aliphatic heterocycles. The van der Waals surface area contributed by atoms with Gasteiger partial charge in [-0.05, 0) is 77.8 Å². The Hall–Kier alpha value is -2.91. The van der Waals surface area contributed by atoms with Crippen molar-refractivity contribution in [3.05, 3.63) is 100 Å². The monoisotopic (exact) mass is 412 g/mol. The topological polar surface area (TPSA) is 36.4 Å². The lowest BCUT2D eigenvalue weighted by Gasteiger charge is -2.30. The van der Waals surface area contributed by atoms with E-state index in [1.54, 1.807) is 6.07 Å². The number of benzene rings is 2. The Labute approximate surface area is 186 Å². The van der Waals surface area contributed by atoms with E-state index in [4.69, 9.17) is 0 Å². The standard InChI is InChI=1S/C28H32N2O/c1-3-21-11-12-25(18-22(21)4-2)28(24-8-7-10-27(31)19-24)23-13-16-30(17-14-23)20-26-9-5-6-15-29-26/h5-12,15,18-19,31H,3-4,13-14,16-17,20H2,1-2H3. The van der Waals surface area contributed by atoms with Crippen molar-refractivity contribution in [2.75, 3.05) is 13.1 Å². The molecule has 0 amide bonds. The predicted octanol–water partition coefficient (Wildman–Crippen LogP) is 6.01. The van der Waals surface area contributed by atoms with Crippen LogP contribution in [0.1, 0.15) is 54.6 Å². The van der Waals surface area contributed by atoms with Gasteiger partial charge in [0.1, 0.15) is 5.75 Å². The summed E-state index contributed by atoms with van der Waals surface area (Å²) in [6, 6.07) is 20.8. The second-order valence-corrected chi connectivity index (χ2v) is 8.32. The van der Waals surface area contributed by atoms with Crippen molar-refractivity contribution in [2.45, 2.75) is 46.1 Å². The van der Waals surface area contributed by atoms with E-state index in [0.29, 0.717) is 5.75 Å². The van der Waals surface area contributed by atoms with Crippen LogP contribution in [-0.2, 0) is 19.4 Å². The van der Waals surface area contributed by atoms with Gasteiger partial charge in [-0.25, -0.2) is 0 Å². The van der Waals surface area contributed by atoms with Crippen LogP contribution in [0.5, 0.6) is 5.75 Å². The highest BCUT2D eigenvalue weighted by molar-refractivity contribution is 5.83. The fourth-order valence-electron chi connectivity index (χ4n) is 4.64. The second kappa shape index (κ2) is 9.93. The predicted molar refractivity (Wildman–Crippen MR) is 128 cm³/mol. The number of nitrogens with zero attached hydrogens (tertiary/aromatic N) is 2. The van der Waals surface area contributed by atoms with Crippen LogP contribution in [0.2, 0.25) is 0 Å². The molecule has 0 unspecified atom stereocenters. The quantitative estimate of drug-likeness (QED) is 0.539. The fraction of sp³-hybridized carbons (Fsp3) is 0.321. The number of hydrogen-bond donors (Lipinski definition) is 1. The lowest BCUT2D eigenvalue weighted by Crippen LogP contribution is -2.31.